The van der Waals surface area contributed by atoms with Gasteiger partial charge in [0.05, 0.1) is 105 Å². The van der Waals surface area contributed by atoms with E-state index in [4.69, 9.17) is 53.3 Å². The van der Waals surface area contributed by atoms with E-state index in [-0.39, 0.29) is 6.10 Å². The van der Waals surface area contributed by atoms with Crippen LogP contribution in [0.2, 0.25) is 0 Å². The second kappa shape index (κ2) is 27.6. The Morgan fingerprint density at radius 1 is 0.692 bits per heavy atom. The molecule has 0 atom stereocenters. The molecular weight excluding hydrogens is 672 g/mol. The summed E-state index contributed by atoms with van der Waals surface area (Å²) in [6.45, 7) is 16.4. The highest BCUT2D eigenvalue weighted by Gasteiger charge is 2.20. The van der Waals surface area contributed by atoms with Gasteiger partial charge in [0, 0.05) is 33.2 Å². The number of nitrogen functional groups attached to an aromatic ring is 1. The molecule has 3 rings (SSSR count). The molecule has 0 unspecified atom stereocenters. The summed E-state index contributed by atoms with van der Waals surface area (Å²) in [5, 5.41) is 11.8. The van der Waals surface area contributed by atoms with Crippen LogP contribution in [0.15, 0.2) is 24.3 Å². The van der Waals surface area contributed by atoms with Gasteiger partial charge in [-0.3, -0.25) is 0 Å². The Morgan fingerprint density at radius 3 is 1.69 bits per heavy atom. The van der Waals surface area contributed by atoms with Gasteiger partial charge in [-0.05, 0) is 31.4 Å². The standard InChI is InChI=1S/C37H62N6O9/c1-5-6-7-33-40-34-35(37(52-30(2)3)42-41-36(34)38)43(33)29-32-10-8-31(9-11-32)28-39-12-13-45-16-17-47-20-21-49-24-25-51-27-26-50-23-22-48-19-18-46-15-14-44-4/h8-11,30,39H,5-7,12-29H2,1-4H3,(H2,38,41). The van der Waals surface area contributed by atoms with Gasteiger partial charge in [0.15, 0.2) is 5.82 Å². The van der Waals surface area contributed by atoms with Crippen LogP contribution in [-0.2, 0) is 57.4 Å². The zero-order valence-electron chi connectivity index (χ0n) is 31.8. The van der Waals surface area contributed by atoms with E-state index >= 15 is 0 Å². The fourth-order valence-electron chi connectivity index (χ4n) is 4.97. The molecule has 0 bridgehead atoms. The molecule has 0 fully saturated rings. The highest BCUT2D eigenvalue weighted by Crippen LogP contribution is 2.29. The zero-order valence-corrected chi connectivity index (χ0v) is 31.8. The normalized spacial score (nSPS) is 11.7. The number of anilines is 1. The Kier molecular flexibility index (Phi) is 23.0. The maximum absolute atomic E-state index is 6.19. The maximum Gasteiger partial charge on any atom is 0.260 e. The summed E-state index contributed by atoms with van der Waals surface area (Å²) in [7, 11) is 1.65. The van der Waals surface area contributed by atoms with Crippen molar-refractivity contribution in [2.45, 2.75) is 59.2 Å². The summed E-state index contributed by atoms with van der Waals surface area (Å²) >= 11 is 0. The van der Waals surface area contributed by atoms with E-state index < -0.39 is 0 Å². The molecule has 0 radical (unpaired) electrons. The third-order valence-corrected chi connectivity index (χ3v) is 7.62. The zero-order chi connectivity index (χ0) is 37.1. The summed E-state index contributed by atoms with van der Waals surface area (Å²) in [6.07, 6.45) is 2.90. The van der Waals surface area contributed by atoms with Crippen LogP contribution in [0, 0.1) is 0 Å². The van der Waals surface area contributed by atoms with Crippen molar-refractivity contribution in [2.75, 3.05) is 118 Å². The van der Waals surface area contributed by atoms with Crippen LogP contribution in [0.4, 0.5) is 5.82 Å². The summed E-state index contributed by atoms with van der Waals surface area (Å²) in [5.41, 5.74) is 9.99. The van der Waals surface area contributed by atoms with E-state index in [0.29, 0.717) is 123 Å². The number of hydrogen-bond acceptors (Lipinski definition) is 14. The highest BCUT2D eigenvalue weighted by atomic mass is 16.6. The molecule has 15 heteroatoms. The van der Waals surface area contributed by atoms with Gasteiger partial charge < -0.3 is 58.2 Å². The Labute approximate surface area is 309 Å². The molecule has 0 saturated heterocycles. The largest absolute Gasteiger partial charge is 0.472 e. The molecule has 3 aromatic rings. The molecule has 0 spiro atoms. The molecule has 0 aliphatic heterocycles. The molecule has 15 nitrogen and oxygen atoms in total. The third-order valence-electron chi connectivity index (χ3n) is 7.62. The Bertz CT molecular complexity index is 1330. The molecule has 52 heavy (non-hydrogen) atoms. The maximum atomic E-state index is 6.19. The number of aryl methyl sites for hydroxylation is 1. The monoisotopic (exact) mass is 734 g/mol. The lowest BCUT2D eigenvalue weighted by molar-refractivity contribution is -0.0220. The summed E-state index contributed by atoms with van der Waals surface area (Å²) in [5.74, 6) is 1.74. The number of ether oxygens (including phenoxy) is 9. The SMILES string of the molecule is CCCCc1nc2c(N)nnc(OC(C)C)c2n1Cc1ccc(CNCCOCCOCCOCCOCCOCCOCCOCCOC)cc1. The van der Waals surface area contributed by atoms with Crippen LogP contribution in [0.25, 0.3) is 11.0 Å². The first kappa shape index (κ1) is 43.4. The van der Waals surface area contributed by atoms with Crippen molar-refractivity contribution >= 4 is 16.9 Å². The number of benzene rings is 1. The molecule has 2 aromatic heterocycles. The van der Waals surface area contributed by atoms with Crippen molar-refractivity contribution in [3.05, 3.63) is 41.2 Å². The lowest BCUT2D eigenvalue weighted by Crippen LogP contribution is -2.20. The minimum absolute atomic E-state index is 0.0465. The summed E-state index contributed by atoms with van der Waals surface area (Å²) in [6, 6.07) is 8.59. The number of unbranched alkanes of at least 4 members (excludes halogenated alkanes) is 1. The molecule has 0 aliphatic carbocycles. The van der Waals surface area contributed by atoms with Gasteiger partial charge in [-0.1, -0.05) is 37.6 Å². The minimum Gasteiger partial charge on any atom is -0.472 e. The van der Waals surface area contributed by atoms with Gasteiger partial charge >= 0.3 is 0 Å². The van der Waals surface area contributed by atoms with Gasteiger partial charge in [-0.25, -0.2) is 4.98 Å². The smallest absolute Gasteiger partial charge is 0.260 e. The van der Waals surface area contributed by atoms with Crippen molar-refractivity contribution in [1.29, 1.82) is 0 Å². The fraction of sp³-hybridized carbons (Fsp3) is 0.703. The van der Waals surface area contributed by atoms with Crippen LogP contribution in [0.3, 0.4) is 0 Å². The number of nitrogens with one attached hydrogen (secondary N) is 1. The van der Waals surface area contributed by atoms with Gasteiger partial charge in [-0.15, -0.1) is 10.2 Å². The molecule has 0 amide bonds. The summed E-state index contributed by atoms with van der Waals surface area (Å²) in [4.78, 5) is 4.86. The lowest BCUT2D eigenvalue weighted by atomic mass is 10.1. The van der Waals surface area contributed by atoms with Crippen LogP contribution >= 0.6 is 0 Å². The number of hydrogen-bond donors (Lipinski definition) is 2. The fourth-order valence-corrected chi connectivity index (χ4v) is 4.97. The van der Waals surface area contributed by atoms with Crippen molar-refractivity contribution < 1.29 is 42.6 Å². The predicted molar refractivity (Wildman–Crippen MR) is 199 cm³/mol. The summed E-state index contributed by atoms with van der Waals surface area (Å²) < 4.78 is 51.6. The first-order chi connectivity index (χ1) is 25.5. The number of rotatable bonds is 33. The van der Waals surface area contributed by atoms with Gasteiger partial charge in [0.1, 0.15) is 16.9 Å². The van der Waals surface area contributed by atoms with Gasteiger partial charge in [0.2, 0.25) is 0 Å². The molecule has 294 valence electrons. The molecular formula is C37H62N6O9. The van der Waals surface area contributed by atoms with Crippen molar-refractivity contribution in [1.82, 2.24) is 25.1 Å². The molecule has 0 aliphatic rings. The Morgan fingerprint density at radius 2 is 1.19 bits per heavy atom. The van der Waals surface area contributed by atoms with Crippen LogP contribution in [0.1, 0.15) is 50.6 Å². The van der Waals surface area contributed by atoms with Crippen LogP contribution in [-0.4, -0.2) is 139 Å². The van der Waals surface area contributed by atoms with Crippen LogP contribution in [0.5, 0.6) is 5.88 Å². The second-order valence-electron chi connectivity index (χ2n) is 12.2. The predicted octanol–water partition coefficient (Wildman–Crippen LogP) is 3.44. The number of methoxy groups -OCH3 is 1. The first-order valence-electron chi connectivity index (χ1n) is 18.5. The van der Waals surface area contributed by atoms with E-state index in [0.717, 1.165) is 49.3 Å². The third kappa shape index (κ3) is 17.7. The average Bonchev–Trinajstić information content (AvgIpc) is 3.51. The van der Waals surface area contributed by atoms with Gasteiger partial charge in [0.25, 0.3) is 5.88 Å². The topological polar surface area (TPSA) is 165 Å². The van der Waals surface area contributed by atoms with Crippen molar-refractivity contribution in [3.8, 4) is 5.88 Å². The number of nitrogens with zero attached hydrogens (tertiary/aromatic N) is 4. The number of nitrogens with two attached hydrogens (primary N) is 1. The second-order valence-corrected chi connectivity index (χ2v) is 12.2. The lowest BCUT2D eigenvalue weighted by Gasteiger charge is -2.14. The van der Waals surface area contributed by atoms with Crippen molar-refractivity contribution in [3.63, 3.8) is 0 Å². The minimum atomic E-state index is -0.0465. The molecule has 0 saturated carbocycles. The van der Waals surface area contributed by atoms with Crippen LogP contribution < -0.4 is 15.8 Å². The van der Waals surface area contributed by atoms with E-state index in [1.807, 2.05) is 13.8 Å². The van der Waals surface area contributed by atoms with E-state index in [1.165, 1.54) is 5.56 Å². The molecule has 1 aromatic carbocycles. The Balaban J connectivity index is 1.18. The van der Waals surface area contributed by atoms with E-state index in [2.05, 4.69) is 51.3 Å². The number of aromatic nitrogens is 4. The number of imidazole rings is 1. The first-order valence-corrected chi connectivity index (χ1v) is 18.5. The number of fused-ring (bicyclic) bond motifs is 1. The van der Waals surface area contributed by atoms with Gasteiger partial charge in [-0.2, -0.15) is 0 Å². The molecule has 3 N–H and O–H groups in total. The van der Waals surface area contributed by atoms with E-state index in [9.17, 15) is 0 Å². The van der Waals surface area contributed by atoms with Crippen molar-refractivity contribution in [2.24, 2.45) is 0 Å². The average molecular weight is 735 g/mol. The molecule has 2 heterocycles. The highest BCUT2D eigenvalue weighted by molar-refractivity contribution is 5.88. The van der Waals surface area contributed by atoms with E-state index in [1.54, 1.807) is 7.11 Å². The Hall–Kier alpha value is -2.99. The quantitative estimate of drug-likeness (QED) is 0.0875.